The molecule has 1 aromatic heterocycles. The Morgan fingerprint density at radius 1 is 1.13 bits per heavy atom. The minimum atomic E-state index is 0.110. The summed E-state index contributed by atoms with van der Waals surface area (Å²) in [5, 5.41) is 17.3. The van der Waals surface area contributed by atoms with Crippen LogP contribution in [0.1, 0.15) is 24.1 Å². The fourth-order valence-corrected chi connectivity index (χ4v) is 2.61. The van der Waals surface area contributed by atoms with Crippen molar-refractivity contribution in [1.82, 2.24) is 10.2 Å². The predicted octanol–water partition coefficient (Wildman–Crippen LogP) is 2.38. The lowest BCUT2D eigenvalue weighted by atomic mass is 10.1. The van der Waals surface area contributed by atoms with Crippen LogP contribution in [0.15, 0.2) is 36.4 Å². The minimum absolute atomic E-state index is 0.110. The number of piperidine rings is 1. The van der Waals surface area contributed by atoms with Gasteiger partial charge < -0.3 is 9.64 Å². The summed E-state index contributed by atoms with van der Waals surface area (Å²) in [6.07, 6.45) is 7.14. The van der Waals surface area contributed by atoms with Crippen molar-refractivity contribution in [2.75, 3.05) is 18.0 Å². The molecule has 1 saturated heterocycles. The van der Waals surface area contributed by atoms with Gasteiger partial charge in [0.2, 0.25) is 0 Å². The lowest BCUT2D eigenvalue weighted by molar-refractivity contribution is 0.170. The first-order valence-electron chi connectivity index (χ1n) is 7.51. The van der Waals surface area contributed by atoms with E-state index < -0.39 is 0 Å². The Kier molecular flexibility index (Phi) is 4.40. The normalized spacial score (nSPS) is 14.8. The molecule has 114 valence electrons. The number of benzene rings is 1. The van der Waals surface area contributed by atoms with E-state index in [2.05, 4.69) is 27.1 Å². The van der Waals surface area contributed by atoms with Gasteiger partial charge in [0.15, 0.2) is 5.82 Å². The third-order valence-electron chi connectivity index (χ3n) is 3.87. The maximum absolute atomic E-state index is 9.11. The van der Waals surface area contributed by atoms with Gasteiger partial charge in [0.1, 0.15) is 23.6 Å². The number of hydrogen-bond acceptors (Lipinski definition) is 5. The first-order chi connectivity index (χ1) is 11.3. The summed E-state index contributed by atoms with van der Waals surface area (Å²) in [6, 6.07) is 13.2. The maximum atomic E-state index is 9.11. The van der Waals surface area contributed by atoms with E-state index >= 15 is 0 Å². The number of terminal acetylenes is 1. The molecule has 3 rings (SSSR count). The van der Waals surface area contributed by atoms with Crippen molar-refractivity contribution in [3.05, 3.63) is 47.7 Å². The lowest BCUT2D eigenvalue weighted by Gasteiger charge is -2.32. The second-order valence-electron chi connectivity index (χ2n) is 5.33. The average molecular weight is 304 g/mol. The summed E-state index contributed by atoms with van der Waals surface area (Å²) < 4.78 is 5.99. The SMILES string of the molecule is C#Cc1ccc(N2CCC(Oc3ccccc3C#N)CC2)nn1. The van der Waals surface area contributed by atoms with Gasteiger partial charge in [-0.2, -0.15) is 5.26 Å². The van der Waals surface area contributed by atoms with Crippen LogP contribution in [0.4, 0.5) is 5.82 Å². The summed E-state index contributed by atoms with van der Waals surface area (Å²) in [5.74, 6) is 3.96. The highest BCUT2D eigenvalue weighted by Crippen LogP contribution is 2.24. The molecule has 1 aliphatic heterocycles. The number of ether oxygens (including phenoxy) is 1. The van der Waals surface area contributed by atoms with E-state index in [1.807, 2.05) is 24.3 Å². The summed E-state index contributed by atoms with van der Waals surface area (Å²) in [4.78, 5) is 2.17. The van der Waals surface area contributed by atoms with Crippen LogP contribution < -0.4 is 9.64 Å². The van der Waals surface area contributed by atoms with Gasteiger partial charge in [-0.1, -0.05) is 12.1 Å². The highest BCUT2D eigenvalue weighted by molar-refractivity contribution is 5.43. The number of aromatic nitrogens is 2. The second-order valence-corrected chi connectivity index (χ2v) is 5.33. The van der Waals surface area contributed by atoms with Crippen LogP contribution in [0.3, 0.4) is 0 Å². The fraction of sp³-hybridized carbons (Fsp3) is 0.278. The molecule has 0 spiro atoms. The molecular weight excluding hydrogens is 288 g/mol. The molecule has 5 nitrogen and oxygen atoms in total. The summed E-state index contributed by atoms with van der Waals surface area (Å²) in [7, 11) is 0. The number of nitriles is 1. The van der Waals surface area contributed by atoms with E-state index in [1.165, 1.54) is 0 Å². The first kappa shape index (κ1) is 14.9. The van der Waals surface area contributed by atoms with Crippen molar-refractivity contribution < 1.29 is 4.74 Å². The van der Waals surface area contributed by atoms with E-state index in [9.17, 15) is 0 Å². The predicted molar refractivity (Wildman–Crippen MR) is 87.0 cm³/mol. The molecule has 1 aromatic carbocycles. The Balaban J connectivity index is 1.60. The summed E-state index contributed by atoms with van der Waals surface area (Å²) in [5.41, 5.74) is 1.12. The Labute approximate surface area is 135 Å². The van der Waals surface area contributed by atoms with Gasteiger partial charge in [0, 0.05) is 25.9 Å². The number of nitrogens with zero attached hydrogens (tertiary/aromatic N) is 4. The number of hydrogen-bond donors (Lipinski definition) is 0. The standard InChI is InChI=1S/C18H16N4O/c1-2-15-7-8-18(21-20-15)22-11-9-16(10-12-22)23-17-6-4-3-5-14(17)13-19/h1,3-8,16H,9-12H2. The lowest BCUT2D eigenvalue weighted by Crippen LogP contribution is -2.38. The van der Waals surface area contributed by atoms with Crippen molar-refractivity contribution in [3.63, 3.8) is 0 Å². The molecule has 0 unspecified atom stereocenters. The van der Waals surface area contributed by atoms with Crippen LogP contribution in [-0.4, -0.2) is 29.4 Å². The monoisotopic (exact) mass is 304 g/mol. The van der Waals surface area contributed by atoms with Gasteiger partial charge >= 0.3 is 0 Å². The average Bonchev–Trinajstić information content (AvgIpc) is 2.63. The molecule has 5 heteroatoms. The third-order valence-corrected chi connectivity index (χ3v) is 3.87. The molecule has 0 aliphatic carbocycles. The molecule has 0 N–H and O–H groups in total. The van der Waals surface area contributed by atoms with E-state index in [4.69, 9.17) is 16.4 Å². The highest BCUT2D eigenvalue weighted by Gasteiger charge is 2.22. The Morgan fingerprint density at radius 3 is 2.57 bits per heavy atom. The van der Waals surface area contributed by atoms with Gasteiger partial charge in [-0.3, -0.25) is 0 Å². The van der Waals surface area contributed by atoms with Crippen molar-refractivity contribution in [3.8, 4) is 24.2 Å². The molecule has 1 fully saturated rings. The van der Waals surface area contributed by atoms with Crippen molar-refractivity contribution >= 4 is 5.82 Å². The highest BCUT2D eigenvalue weighted by atomic mass is 16.5. The van der Waals surface area contributed by atoms with Gasteiger partial charge in [0.05, 0.1) is 5.56 Å². The smallest absolute Gasteiger partial charge is 0.151 e. The van der Waals surface area contributed by atoms with Crippen LogP contribution >= 0.6 is 0 Å². The van der Waals surface area contributed by atoms with Gasteiger partial charge in [-0.15, -0.1) is 16.6 Å². The van der Waals surface area contributed by atoms with Crippen LogP contribution in [0.2, 0.25) is 0 Å². The Bertz CT molecular complexity index is 750. The molecule has 23 heavy (non-hydrogen) atoms. The zero-order valence-electron chi connectivity index (χ0n) is 12.6. The van der Waals surface area contributed by atoms with Gasteiger partial charge in [-0.25, -0.2) is 0 Å². The molecule has 0 atom stereocenters. The molecule has 0 amide bonds. The number of rotatable bonds is 3. The van der Waals surface area contributed by atoms with Crippen LogP contribution in [0, 0.1) is 23.7 Å². The topological polar surface area (TPSA) is 62.0 Å². The third kappa shape index (κ3) is 3.41. The van der Waals surface area contributed by atoms with Gasteiger partial charge in [0.25, 0.3) is 0 Å². The summed E-state index contributed by atoms with van der Waals surface area (Å²) in [6.45, 7) is 1.67. The van der Waals surface area contributed by atoms with E-state index in [0.29, 0.717) is 17.0 Å². The molecule has 0 radical (unpaired) electrons. The van der Waals surface area contributed by atoms with E-state index in [1.54, 1.807) is 12.1 Å². The van der Waals surface area contributed by atoms with E-state index in [-0.39, 0.29) is 6.10 Å². The summed E-state index contributed by atoms with van der Waals surface area (Å²) >= 11 is 0. The fourth-order valence-electron chi connectivity index (χ4n) is 2.61. The van der Waals surface area contributed by atoms with Crippen LogP contribution in [0.5, 0.6) is 5.75 Å². The minimum Gasteiger partial charge on any atom is -0.489 e. The Morgan fingerprint density at radius 2 is 1.91 bits per heavy atom. The largest absolute Gasteiger partial charge is 0.489 e. The first-order valence-corrected chi connectivity index (χ1v) is 7.51. The van der Waals surface area contributed by atoms with Crippen molar-refractivity contribution in [2.45, 2.75) is 18.9 Å². The molecule has 0 saturated carbocycles. The number of anilines is 1. The second kappa shape index (κ2) is 6.81. The zero-order chi connectivity index (χ0) is 16.1. The molecule has 0 bridgehead atoms. The quantitative estimate of drug-likeness (QED) is 0.815. The van der Waals surface area contributed by atoms with Crippen molar-refractivity contribution in [1.29, 1.82) is 5.26 Å². The van der Waals surface area contributed by atoms with E-state index in [0.717, 1.165) is 31.7 Å². The zero-order valence-corrected chi connectivity index (χ0v) is 12.6. The van der Waals surface area contributed by atoms with Gasteiger partial charge in [-0.05, 0) is 30.2 Å². The maximum Gasteiger partial charge on any atom is 0.151 e. The van der Waals surface area contributed by atoms with Crippen LogP contribution in [-0.2, 0) is 0 Å². The van der Waals surface area contributed by atoms with Crippen LogP contribution in [0.25, 0.3) is 0 Å². The van der Waals surface area contributed by atoms with Crippen molar-refractivity contribution in [2.24, 2.45) is 0 Å². The molecular formula is C18H16N4O. The number of para-hydroxylation sites is 1. The molecule has 1 aliphatic rings. The Hall–Kier alpha value is -3.05. The molecule has 2 heterocycles. The molecule has 2 aromatic rings.